The summed E-state index contributed by atoms with van der Waals surface area (Å²) in [6.45, 7) is 7.89. The first-order valence-corrected chi connectivity index (χ1v) is 9.66. The molecule has 2 aromatic rings. The highest BCUT2D eigenvalue weighted by Gasteiger charge is 2.29. The maximum Gasteiger partial charge on any atom is 0.274 e. The monoisotopic (exact) mass is 374 g/mol. The normalized spacial score (nSPS) is 17.3. The molecule has 0 spiro atoms. The summed E-state index contributed by atoms with van der Waals surface area (Å²) in [4.78, 5) is 17.3. The van der Waals surface area contributed by atoms with Gasteiger partial charge in [0.15, 0.2) is 5.69 Å². The molecule has 0 bridgehead atoms. The van der Waals surface area contributed by atoms with Gasteiger partial charge in [-0.3, -0.25) is 4.79 Å². The van der Waals surface area contributed by atoms with Crippen LogP contribution in [0.15, 0.2) is 30.5 Å². The van der Waals surface area contributed by atoms with Crippen LogP contribution in [0.3, 0.4) is 0 Å². The van der Waals surface area contributed by atoms with Crippen molar-refractivity contribution in [3.05, 3.63) is 46.7 Å². The average molecular weight is 375 g/mol. The molecule has 0 saturated carbocycles. The SMILES string of the molecule is CCCN(C)C[C@@H]1CCN(C(=O)c2nn(-c3ccccc3Cl)cc2C)C1. The van der Waals surface area contributed by atoms with Gasteiger partial charge < -0.3 is 9.80 Å². The number of likely N-dealkylation sites (tertiary alicyclic amines) is 1. The van der Waals surface area contributed by atoms with E-state index in [0.29, 0.717) is 16.6 Å². The number of hydrogen-bond acceptors (Lipinski definition) is 3. The van der Waals surface area contributed by atoms with Gasteiger partial charge in [-0.15, -0.1) is 0 Å². The van der Waals surface area contributed by atoms with Crippen molar-refractivity contribution in [1.82, 2.24) is 19.6 Å². The van der Waals surface area contributed by atoms with Crippen LogP contribution in [0.1, 0.15) is 35.8 Å². The van der Waals surface area contributed by atoms with Crippen LogP contribution in [0.4, 0.5) is 0 Å². The number of nitrogens with zero attached hydrogens (tertiary/aromatic N) is 4. The van der Waals surface area contributed by atoms with Gasteiger partial charge in [0.2, 0.25) is 0 Å². The molecule has 1 saturated heterocycles. The van der Waals surface area contributed by atoms with E-state index in [9.17, 15) is 4.79 Å². The summed E-state index contributed by atoms with van der Waals surface area (Å²) in [5, 5.41) is 5.15. The van der Waals surface area contributed by atoms with E-state index in [1.165, 1.54) is 0 Å². The van der Waals surface area contributed by atoms with Crippen LogP contribution in [0.25, 0.3) is 5.69 Å². The number of aryl methyl sites for hydroxylation is 1. The third kappa shape index (κ3) is 4.10. The number of amides is 1. The first-order chi connectivity index (χ1) is 12.5. The minimum absolute atomic E-state index is 0.0222. The Morgan fingerprint density at radius 2 is 2.15 bits per heavy atom. The average Bonchev–Trinajstić information content (AvgIpc) is 3.22. The fourth-order valence-corrected chi connectivity index (χ4v) is 3.88. The Morgan fingerprint density at radius 1 is 1.38 bits per heavy atom. The van der Waals surface area contributed by atoms with Crippen LogP contribution >= 0.6 is 11.6 Å². The number of carbonyl (C=O) groups is 1. The van der Waals surface area contributed by atoms with Gasteiger partial charge in [-0.1, -0.05) is 30.7 Å². The van der Waals surface area contributed by atoms with E-state index < -0.39 is 0 Å². The van der Waals surface area contributed by atoms with Gasteiger partial charge in [0.05, 0.1) is 10.7 Å². The summed E-state index contributed by atoms with van der Waals surface area (Å²) in [5.74, 6) is 0.565. The van der Waals surface area contributed by atoms with E-state index in [-0.39, 0.29) is 5.91 Å². The number of halogens is 1. The van der Waals surface area contributed by atoms with E-state index in [2.05, 4.69) is 24.0 Å². The van der Waals surface area contributed by atoms with Gasteiger partial charge in [0.25, 0.3) is 5.91 Å². The molecule has 1 aliphatic heterocycles. The highest BCUT2D eigenvalue weighted by molar-refractivity contribution is 6.32. The maximum atomic E-state index is 13.0. The molecule has 1 atom stereocenters. The Morgan fingerprint density at radius 3 is 2.88 bits per heavy atom. The van der Waals surface area contributed by atoms with Crippen molar-refractivity contribution in [2.24, 2.45) is 5.92 Å². The van der Waals surface area contributed by atoms with Crippen molar-refractivity contribution >= 4 is 17.5 Å². The first kappa shape index (κ1) is 18.9. The van der Waals surface area contributed by atoms with E-state index in [1.54, 1.807) is 4.68 Å². The van der Waals surface area contributed by atoms with E-state index >= 15 is 0 Å². The number of hydrogen-bond donors (Lipinski definition) is 0. The lowest BCUT2D eigenvalue weighted by Gasteiger charge is -2.20. The largest absolute Gasteiger partial charge is 0.337 e. The minimum atomic E-state index is 0.0222. The maximum absolute atomic E-state index is 13.0. The van der Waals surface area contributed by atoms with Crippen LogP contribution < -0.4 is 0 Å². The molecular formula is C20H27ClN4O. The molecule has 1 aromatic carbocycles. The minimum Gasteiger partial charge on any atom is -0.337 e. The third-order valence-corrected chi connectivity index (χ3v) is 5.27. The number of benzene rings is 1. The standard InChI is InChI=1S/C20H27ClN4O/c1-4-10-23(3)13-16-9-11-24(14-16)20(26)19-15(2)12-25(22-19)18-8-6-5-7-17(18)21/h5-8,12,16H,4,9-11,13-14H2,1-3H3/t16-/m0/s1. The highest BCUT2D eigenvalue weighted by atomic mass is 35.5. The van der Waals surface area contributed by atoms with Crippen molar-refractivity contribution in [3.8, 4) is 5.69 Å². The summed E-state index contributed by atoms with van der Waals surface area (Å²) in [6, 6.07) is 7.53. The number of carbonyl (C=O) groups excluding carboxylic acids is 1. The fraction of sp³-hybridized carbons (Fsp3) is 0.500. The number of aromatic nitrogens is 2. The molecule has 26 heavy (non-hydrogen) atoms. The summed E-state index contributed by atoms with van der Waals surface area (Å²) in [7, 11) is 2.16. The Labute approximate surface area is 160 Å². The zero-order valence-corrected chi connectivity index (χ0v) is 16.5. The molecule has 1 amide bonds. The van der Waals surface area contributed by atoms with Gasteiger partial charge in [0, 0.05) is 31.4 Å². The quantitative estimate of drug-likeness (QED) is 0.775. The number of para-hydroxylation sites is 1. The Bertz CT molecular complexity index is 773. The summed E-state index contributed by atoms with van der Waals surface area (Å²) >= 11 is 6.26. The third-order valence-electron chi connectivity index (χ3n) is 4.95. The van der Waals surface area contributed by atoms with Crippen molar-refractivity contribution in [2.75, 3.05) is 33.2 Å². The van der Waals surface area contributed by atoms with Crippen LogP contribution in [-0.2, 0) is 0 Å². The second-order valence-corrected chi connectivity index (χ2v) is 7.63. The molecular weight excluding hydrogens is 348 g/mol. The van der Waals surface area contributed by atoms with Gasteiger partial charge in [0.1, 0.15) is 0 Å². The topological polar surface area (TPSA) is 41.4 Å². The van der Waals surface area contributed by atoms with E-state index in [0.717, 1.165) is 50.3 Å². The van der Waals surface area contributed by atoms with E-state index in [1.807, 2.05) is 42.3 Å². The summed E-state index contributed by atoms with van der Waals surface area (Å²) in [6.07, 6.45) is 4.09. The molecule has 5 nitrogen and oxygen atoms in total. The Balaban J connectivity index is 1.70. The lowest BCUT2D eigenvalue weighted by Crippen LogP contribution is -2.32. The van der Waals surface area contributed by atoms with Gasteiger partial charge in [-0.25, -0.2) is 4.68 Å². The molecule has 1 fully saturated rings. The predicted octanol–water partition coefficient (Wildman–Crippen LogP) is 3.64. The van der Waals surface area contributed by atoms with E-state index in [4.69, 9.17) is 11.6 Å². The molecule has 0 aliphatic carbocycles. The Kier molecular flexibility index (Phi) is 5.99. The second-order valence-electron chi connectivity index (χ2n) is 7.22. The van der Waals surface area contributed by atoms with Crippen molar-refractivity contribution in [3.63, 3.8) is 0 Å². The molecule has 3 rings (SSSR count). The molecule has 0 unspecified atom stereocenters. The van der Waals surface area contributed by atoms with Crippen molar-refractivity contribution < 1.29 is 4.79 Å². The van der Waals surface area contributed by atoms with Crippen LogP contribution in [-0.4, -0.2) is 58.7 Å². The van der Waals surface area contributed by atoms with Gasteiger partial charge in [-0.05, 0) is 51.4 Å². The smallest absolute Gasteiger partial charge is 0.274 e. The fourth-order valence-electron chi connectivity index (χ4n) is 3.66. The summed E-state index contributed by atoms with van der Waals surface area (Å²) in [5.41, 5.74) is 2.19. The predicted molar refractivity (Wildman–Crippen MR) is 105 cm³/mol. The van der Waals surface area contributed by atoms with Crippen LogP contribution in [0.2, 0.25) is 5.02 Å². The molecule has 0 N–H and O–H groups in total. The first-order valence-electron chi connectivity index (χ1n) is 9.28. The van der Waals surface area contributed by atoms with Crippen molar-refractivity contribution in [2.45, 2.75) is 26.7 Å². The molecule has 0 radical (unpaired) electrons. The highest BCUT2D eigenvalue weighted by Crippen LogP contribution is 2.23. The number of rotatable bonds is 6. The lowest BCUT2D eigenvalue weighted by molar-refractivity contribution is 0.0777. The van der Waals surface area contributed by atoms with Crippen LogP contribution in [0.5, 0.6) is 0 Å². The zero-order chi connectivity index (χ0) is 18.7. The molecule has 140 valence electrons. The molecule has 1 aliphatic rings. The molecule has 1 aromatic heterocycles. The summed E-state index contributed by atoms with van der Waals surface area (Å²) < 4.78 is 1.70. The zero-order valence-electron chi connectivity index (χ0n) is 15.8. The second kappa shape index (κ2) is 8.23. The van der Waals surface area contributed by atoms with Gasteiger partial charge >= 0.3 is 0 Å². The van der Waals surface area contributed by atoms with Crippen LogP contribution in [0, 0.1) is 12.8 Å². The lowest BCUT2D eigenvalue weighted by atomic mass is 10.1. The Hall–Kier alpha value is -1.85. The molecule has 6 heteroatoms. The van der Waals surface area contributed by atoms with Gasteiger partial charge in [-0.2, -0.15) is 5.10 Å². The molecule has 2 heterocycles. The van der Waals surface area contributed by atoms with Crippen molar-refractivity contribution in [1.29, 1.82) is 0 Å².